The molecule has 1 heterocycles. The largest absolute Gasteiger partial charge is 0.316 e. The van der Waals surface area contributed by atoms with Crippen molar-refractivity contribution in [1.29, 1.82) is 0 Å². The Labute approximate surface area is 103 Å². The van der Waals surface area contributed by atoms with Crippen molar-refractivity contribution in [1.82, 2.24) is 5.32 Å². The van der Waals surface area contributed by atoms with Crippen molar-refractivity contribution in [3.63, 3.8) is 0 Å². The quantitative estimate of drug-likeness (QED) is 0.842. The highest BCUT2D eigenvalue weighted by Gasteiger charge is 2.38. The van der Waals surface area contributed by atoms with E-state index < -0.39 is 0 Å². The highest BCUT2D eigenvalue weighted by atomic mass is 19.1. The minimum atomic E-state index is -0.117. The van der Waals surface area contributed by atoms with Gasteiger partial charge in [-0.2, -0.15) is 0 Å². The zero-order valence-electron chi connectivity index (χ0n) is 10.8. The van der Waals surface area contributed by atoms with Gasteiger partial charge in [0.25, 0.3) is 0 Å². The SMILES string of the molecule is CCC1(CC)CCNCC1c1cccc(F)c1. The van der Waals surface area contributed by atoms with Crippen LogP contribution in [0.4, 0.5) is 4.39 Å². The summed E-state index contributed by atoms with van der Waals surface area (Å²) in [5, 5.41) is 3.45. The number of benzene rings is 1. The molecule has 1 saturated heterocycles. The maximum atomic E-state index is 13.4. The van der Waals surface area contributed by atoms with Gasteiger partial charge in [-0.05, 0) is 48.9 Å². The van der Waals surface area contributed by atoms with E-state index >= 15 is 0 Å². The van der Waals surface area contributed by atoms with Gasteiger partial charge in [0.1, 0.15) is 5.82 Å². The van der Waals surface area contributed by atoms with Crippen LogP contribution < -0.4 is 5.32 Å². The van der Waals surface area contributed by atoms with Crippen LogP contribution in [-0.4, -0.2) is 13.1 Å². The van der Waals surface area contributed by atoms with Gasteiger partial charge in [-0.1, -0.05) is 26.0 Å². The Morgan fingerprint density at radius 3 is 2.76 bits per heavy atom. The number of rotatable bonds is 3. The molecule has 0 radical (unpaired) electrons. The summed E-state index contributed by atoms with van der Waals surface area (Å²) >= 11 is 0. The normalized spacial score (nSPS) is 23.6. The average Bonchev–Trinajstić information content (AvgIpc) is 2.38. The molecule has 1 N–H and O–H groups in total. The molecule has 1 fully saturated rings. The molecule has 94 valence electrons. The second-order valence-corrected chi connectivity index (χ2v) is 5.13. The van der Waals surface area contributed by atoms with Crippen LogP contribution in [0.5, 0.6) is 0 Å². The lowest BCUT2D eigenvalue weighted by atomic mass is 9.65. The highest BCUT2D eigenvalue weighted by Crippen LogP contribution is 2.46. The van der Waals surface area contributed by atoms with Gasteiger partial charge in [-0.25, -0.2) is 4.39 Å². The molecule has 0 bridgehead atoms. The maximum Gasteiger partial charge on any atom is 0.123 e. The second kappa shape index (κ2) is 5.18. The first kappa shape index (κ1) is 12.6. The lowest BCUT2D eigenvalue weighted by molar-refractivity contribution is 0.147. The van der Waals surface area contributed by atoms with Crippen molar-refractivity contribution >= 4 is 0 Å². The summed E-state index contributed by atoms with van der Waals surface area (Å²) in [7, 11) is 0. The Morgan fingerprint density at radius 1 is 1.35 bits per heavy atom. The molecular weight excluding hydrogens is 213 g/mol. The van der Waals surface area contributed by atoms with Crippen LogP contribution in [0.3, 0.4) is 0 Å². The van der Waals surface area contributed by atoms with Gasteiger partial charge >= 0.3 is 0 Å². The fraction of sp³-hybridized carbons (Fsp3) is 0.600. The number of piperidine rings is 1. The van der Waals surface area contributed by atoms with Crippen LogP contribution in [0.25, 0.3) is 0 Å². The van der Waals surface area contributed by atoms with Crippen molar-refractivity contribution < 1.29 is 4.39 Å². The summed E-state index contributed by atoms with van der Waals surface area (Å²) in [6.45, 7) is 6.60. The van der Waals surface area contributed by atoms with E-state index in [4.69, 9.17) is 0 Å². The highest BCUT2D eigenvalue weighted by molar-refractivity contribution is 5.24. The smallest absolute Gasteiger partial charge is 0.123 e. The van der Waals surface area contributed by atoms with Crippen molar-refractivity contribution in [2.75, 3.05) is 13.1 Å². The fourth-order valence-corrected chi connectivity index (χ4v) is 3.27. The standard InChI is InChI=1S/C15H22FN/c1-3-15(4-2)8-9-17-11-14(15)12-6-5-7-13(16)10-12/h5-7,10,14,17H,3-4,8-9,11H2,1-2H3. The third kappa shape index (κ3) is 2.37. The van der Waals surface area contributed by atoms with E-state index in [2.05, 4.69) is 25.2 Å². The van der Waals surface area contributed by atoms with Crippen LogP contribution in [0, 0.1) is 11.2 Å². The van der Waals surface area contributed by atoms with Crippen LogP contribution in [-0.2, 0) is 0 Å². The molecule has 0 amide bonds. The van der Waals surface area contributed by atoms with Crippen LogP contribution >= 0.6 is 0 Å². The summed E-state index contributed by atoms with van der Waals surface area (Å²) in [5.74, 6) is 0.330. The number of hydrogen-bond donors (Lipinski definition) is 1. The van der Waals surface area contributed by atoms with Gasteiger partial charge in [0.05, 0.1) is 0 Å². The summed E-state index contributed by atoms with van der Waals surface area (Å²) in [4.78, 5) is 0. The van der Waals surface area contributed by atoms with Gasteiger partial charge in [0.2, 0.25) is 0 Å². The van der Waals surface area contributed by atoms with E-state index in [9.17, 15) is 4.39 Å². The maximum absolute atomic E-state index is 13.4. The third-order valence-corrected chi connectivity index (χ3v) is 4.55. The van der Waals surface area contributed by atoms with E-state index in [1.165, 1.54) is 25.3 Å². The molecule has 1 atom stereocenters. The van der Waals surface area contributed by atoms with E-state index in [0.717, 1.165) is 18.7 Å². The third-order valence-electron chi connectivity index (χ3n) is 4.55. The molecule has 1 nitrogen and oxygen atoms in total. The summed E-state index contributed by atoms with van der Waals surface area (Å²) < 4.78 is 13.4. The van der Waals surface area contributed by atoms with Gasteiger partial charge < -0.3 is 5.32 Å². The van der Waals surface area contributed by atoms with E-state index in [1.807, 2.05) is 6.07 Å². The van der Waals surface area contributed by atoms with E-state index in [0.29, 0.717) is 11.3 Å². The Hall–Kier alpha value is -0.890. The molecule has 17 heavy (non-hydrogen) atoms. The van der Waals surface area contributed by atoms with Crippen LogP contribution in [0.2, 0.25) is 0 Å². The minimum absolute atomic E-state index is 0.117. The zero-order valence-corrected chi connectivity index (χ0v) is 10.8. The topological polar surface area (TPSA) is 12.0 Å². The van der Waals surface area contributed by atoms with E-state index in [-0.39, 0.29) is 5.82 Å². The Morgan fingerprint density at radius 2 is 2.12 bits per heavy atom. The Balaban J connectivity index is 2.33. The Bertz CT molecular complexity index is 371. The summed E-state index contributed by atoms with van der Waals surface area (Å²) in [6.07, 6.45) is 3.54. The van der Waals surface area contributed by atoms with Crippen molar-refractivity contribution in [2.45, 2.75) is 39.0 Å². The van der Waals surface area contributed by atoms with Gasteiger partial charge in [-0.3, -0.25) is 0 Å². The predicted molar refractivity (Wildman–Crippen MR) is 69.6 cm³/mol. The summed E-state index contributed by atoms with van der Waals surface area (Å²) in [6, 6.07) is 7.13. The lowest BCUT2D eigenvalue weighted by Crippen LogP contribution is -2.43. The molecule has 0 spiro atoms. The van der Waals surface area contributed by atoms with Crippen molar-refractivity contribution in [3.8, 4) is 0 Å². The van der Waals surface area contributed by atoms with Gasteiger partial charge in [0, 0.05) is 12.5 Å². The van der Waals surface area contributed by atoms with Gasteiger partial charge in [-0.15, -0.1) is 0 Å². The monoisotopic (exact) mass is 235 g/mol. The molecule has 1 aliphatic rings. The number of halogens is 1. The molecule has 1 aliphatic heterocycles. The molecule has 1 unspecified atom stereocenters. The first-order valence-electron chi connectivity index (χ1n) is 6.68. The minimum Gasteiger partial charge on any atom is -0.316 e. The predicted octanol–water partition coefficient (Wildman–Crippen LogP) is 3.71. The Kier molecular flexibility index (Phi) is 3.82. The molecule has 2 heteroatoms. The molecule has 1 aromatic rings. The molecule has 0 aliphatic carbocycles. The zero-order chi connectivity index (χ0) is 12.3. The van der Waals surface area contributed by atoms with E-state index in [1.54, 1.807) is 6.07 Å². The summed E-state index contributed by atoms with van der Waals surface area (Å²) in [5.41, 5.74) is 1.50. The molecule has 1 aromatic carbocycles. The average molecular weight is 235 g/mol. The first-order chi connectivity index (χ1) is 8.22. The van der Waals surface area contributed by atoms with Crippen LogP contribution in [0.1, 0.15) is 44.6 Å². The van der Waals surface area contributed by atoms with Crippen LogP contribution in [0.15, 0.2) is 24.3 Å². The number of nitrogens with one attached hydrogen (secondary N) is 1. The van der Waals surface area contributed by atoms with Crippen molar-refractivity contribution in [2.24, 2.45) is 5.41 Å². The first-order valence-corrected chi connectivity index (χ1v) is 6.68. The molecular formula is C15H22FN. The molecule has 2 rings (SSSR count). The molecule has 0 saturated carbocycles. The lowest BCUT2D eigenvalue weighted by Gasteiger charge is -2.44. The van der Waals surface area contributed by atoms with Gasteiger partial charge in [0.15, 0.2) is 0 Å². The van der Waals surface area contributed by atoms with Crippen molar-refractivity contribution in [3.05, 3.63) is 35.6 Å². The molecule has 0 aromatic heterocycles. The number of hydrogen-bond acceptors (Lipinski definition) is 1. The fourth-order valence-electron chi connectivity index (χ4n) is 3.27. The second-order valence-electron chi connectivity index (χ2n) is 5.13.